The summed E-state index contributed by atoms with van der Waals surface area (Å²) in [5, 5.41) is 2.52. The molecular formula is C15H14BrN3O4S. The van der Waals surface area contributed by atoms with Gasteiger partial charge in [-0.2, -0.15) is 0 Å². The molecule has 0 aromatic heterocycles. The molecule has 0 aliphatic rings. The summed E-state index contributed by atoms with van der Waals surface area (Å²) in [5.74, 6) is -1.11. The summed E-state index contributed by atoms with van der Waals surface area (Å²) in [4.78, 5) is 22.8. The highest BCUT2D eigenvalue weighted by molar-refractivity contribution is 9.10. The van der Waals surface area contributed by atoms with E-state index in [1.165, 1.54) is 36.4 Å². The van der Waals surface area contributed by atoms with Gasteiger partial charge in [0.2, 0.25) is 21.8 Å². The summed E-state index contributed by atoms with van der Waals surface area (Å²) >= 11 is 3.22. The topological polar surface area (TPSA) is 118 Å². The first-order valence-electron chi connectivity index (χ1n) is 6.73. The van der Waals surface area contributed by atoms with Crippen molar-refractivity contribution in [3.05, 3.63) is 58.6 Å². The maximum absolute atomic E-state index is 12.1. The Bertz CT molecular complexity index is 849. The number of carbonyl (C=O) groups is 2. The van der Waals surface area contributed by atoms with Crippen molar-refractivity contribution in [2.45, 2.75) is 4.90 Å². The normalized spacial score (nSPS) is 11.0. The maximum atomic E-state index is 12.1. The molecule has 7 nitrogen and oxygen atoms in total. The van der Waals surface area contributed by atoms with Gasteiger partial charge in [0, 0.05) is 15.7 Å². The molecule has 0 fully saturated rings. The summed E-state index contributed by atoms with van der Waals surface area (Å²) in [6, 6.07) is 12.0. The highest BCUT2D eigenvalue weighted by atomic mass is 79.9. The Kier molecular flexibility index (Phi) is 5.71. The van der Waals surface area contributed by atoms with Crippen LogP contribution in [0.5, 0.6) is 0 Å². The Morgan fingerprint density at radius 3 is 2.12 bits per heavy atom. The number of carbonyl (C=O) groups excluding carboxylic acids is 2. The fraction of sp³-hybridized carbons (Fsp3) is 0.0667. The molecule has 0 unspecified atom stereocenters. The number of nitrogens with two attached hydrogens (primary N) is 1. The molecule has 4 N–H and O–H groups in total. The van der Waals surface area contributed by atoms with E-state index in [0.717, 1.165) is 4.47 Å². The predicted molar refractivity (Wildman–Crippen MR) is 92.9 cm³/mol. The summed E-state index contributed by atoms with van der Waals surface area (Å²) in [7, 11) is -3.78. The van der Waals surface area contributed by atoms with E-state index in [1.54, 1.807) is 12.1 Å². The van der Waals surface area contributed by atoms with Crippen LogP contribution in [0.4, 0.5) is 5.69 Å². The molecule has 0 bridgehead atoms. The molecule has 0 spiro atoms. The molecule has 9 heteroatoms. The van der Waals surface area contributed by atoms with Crippen molar-refractivity contribution in [1.82, 2.24) is 4.72 Å². The first-order valence-corrected chi connectivity index (χ1v) is 9.00. The van der Waals surface area contributed by atoms with Gasteiger partial charge in [-0.3, -0.25) is 9.59 Å². The number of sulfonamides is 1. The molecule has 24 heavy (non-hydrogen) atoms. The number of hydrogen-bond donors (Lipinski definition) is 3. The van der Waals surface area contributed by atoms with Gasteiger partial charge < -0.3 is 11.1 Å². The van der Waals surface area contributed by atoms with Crippen molar-refractivity contribution in [2.24, 2.45) is 5.73 Å². The van der Waals surface area contributed by atoms with Crippen LogP contribution in [0.2, 0.25) is 0 Å². The number of anilines is 1. The zero-order valence-electron chi connectivity index (χ0n) is 12.3. The molecule has 0 aliphatic carbocycles. The second kappa shape index (κ2) is 7.56. The number of rotatable bonds is 6. The third kappa shape index (κ3) is 4.88. The van der Waals surface area contributed by atoms with E-state index in [4.69, 9.17) is 5.73 Å². The SMILES string of the molecule is NC(=O)c1ccc(NC(=O)CNS(=O)(=O)c2ccc(Br)cc2)cc1. The Labute approximate surface area is 147 Å². The minimum absolute atomic E-state index is 0.0595. The van der Waals surface area contributed by atoms with Crippen LogP contribution in [-0.2, 0) is 14.8 Å². The molecule has 0 saturated heterocycles. The lowest BCUT2D eigenvalue weighted by molar-refractivity contribution is -0.115. The fourth-order valence-corrected chi connectivity index (χ4v) is 3.03. The third-order valence-corrected chi connectivity index (χ3v) is 4.95. The molecular weight excluding hydrogens is 398 g/mol. The zero-order chi connectivity index (χ0) is 17.7. The molecule has 2 amide bonds. The number of hydrogen-bond acceptors (Lipinski definition) is 4. The Balaban J connectivity index is 1.95. The van der Waals surface area contributed by atoms with Gasteiger partial charge in [-0.1, -0.05) is 15.9 Å². The van der Waals surface area contributed by atoms with E-state index in [9.17, 15) is 18.0 Å². The van der Waals surface area contributed by atoms with Crippen molar-refractivity contribution < 1.29 is 18.0 Å². The number of nitrogens with one attached hydrogen (secondary N) is 2. The summed E-state index contributed by atoms with van der Waals surface area (Å²) in [6.45, 7) is -0.421. The molecule has 0 saturated carbocycles. The minimum Gasteiger partial charge on any atom is -0.366 e. The quantitative estimate of drug-likeness (QED) is 0.666. The monoisotopic (exact) mass is 411 g/mol. The Morgan fingerprint density at radius 2 is 1.58 bits per heavy atom. The van der Waals surface area contributed by atoms with Crippen molar-refractivity contribution in [3.63, 3.8) is 0 Å². The summed E-state index contributed by atoms with van der Waals surface area (Å²) in [6.07, 6.45) is 0. The lowest BCUT2D eigenvalue weighted by Crippen LogP contribution is -2.32. The molecule has 2 aromatic rings. The molecule has 0 radical (unpaired) electrons. The minimum atomic E-state index is -3.78. The smallest absolute Gasteiger partial charge is 0.248 e. The van der Waals surface area contributed by atoms with Gasteiger partial charge in [-0.05, 0) is 48.5 Å². The van der Waals surface area contributed by atoms with Gasteiger partial charge in [0.1, 0.15) is 0 Å². The van der Waals surface area contributed by atoms with E-state index in [-0.39, 0.29) is 4.90 Å². The summed E-state index contributed by atoms with van der Waals surface area (Å²) < 4.78 is 27.1. The van der Waals surface area contributed by atoms with E-state index in [2.05, 4.69) is 26.0 Å². The molecule has 0 atom stereocenters. The predicted octanol–water partition coefficient (Wildman–Crippen LogP) is 1.46. The second-order valence-corrected chi connectivity index (χ2v) is 7.45. The molecule has 126 valence electrons. The second-order valence-electron chi connectivity index (χ2n) is 4.77. The van der Waals surface area contributed by atoms with Crippen molar-refractivity contribution in [1.29, 1.82) is 0 Å². The van der Waals surface area contributed by atoms with Crippen LogP contribution in [0.3, 0.4) is 0 Å². The van der Waals surface area contributed by atoms with Crippen molar-refractivity contribution in [2.75, 3.05) is 11.9 Å². The van der Waals surface area contributed by atoms with Crippen molar-refractivity contribution >= 4 is 43.5 Å². The zero-order valence-corrected chi connectivity index (χ0v) is 14.7. The maximum Gasteiger partial charge on any atom is 0.248 e. The fourth-order valence-electron chi connectivity index (χ4n) is 1.78. The average molecular weight is 412 g/mol. The van der Waals surface area contributed by atoms with Gasteiger partial charge >= 0.3 is 0 Å². The number of amides is 2. The van der Waals surface area contributed by atoms with Gasteiger partial charge in [0.25, 0.3) is 0 Å². The largest absolute Gasteiger partial charge is 0.366 e. The van der Waals surface area contributed by atoms with Crippen LogP contribution in [0, 0.1) is 0 Å². The van der Waals surface area contributed by atoms with E-state index in [0.29, 0.717) is 11.3 Å². The molecule has 2 rings (SSSR count). The Morgan fingerprint density at radius 1 is 1.00 bits per heavy atom. The number of benzene rings is 2. The summed E-state index contributed by atoms with van der Waals surface area (Å²) in [5.41, 5.74) is 5.85. The van der Waals surface area contributed by atoms with Gasteiger partial charge in [0.05, 0.1) is 11.4 Å². The van der Waals surface area contributed by atoms with Gasteiger partial charge in [-0.15, -0.1) is 0 Å². The Hall–Kier alpha value is -2.23. The molecule has 2 aromatic carbocycles. The highest BCUT2D eigenvalue weighted by Crippen LogP contribution is 2.14. The van der Waals surface area contributed by atoms with Crippen LogP contribution in [0.1, 0.15) is 10.4 Å². The van der Waals surface area contributed by atoms with E-state index < -0.39 is 28.4 Å². The number of primary amides is 1. The molecule has 0 heterocycles. The van der Waals surface area contributed by atoms with E-state index >= 15 is 0 Å². The van der Waals surface area contributed by atoms with Crippen LogP contribution < -0.4 is 15.8 Å². The van der Waals surface area contributed by atoms with Crippen LogP contribution in [-0.4, -0.2) is 26.8 Å². The van der Waals surface area contributed by atoms with Crippen LogP contribution in [0.25, 0.3) is 0 Å². The third-order valence-electron chi connectivity index (χ3n) is 3.00. The van der Waals surface area contributed by atoms with Crippen LogP contribution >= 0.6 is 15.9 Å². The van der Waals surface area contributed by atoms with Gasteiger partial charge in [0.15, 0.2) is 0 Å². The lowest BCUT2D eigenvalue weighted by atomic mass is 10.2. The first-order chi connectivity index (χ1) is 11.3. The van der Waals surface area contributed by atoms with E-state index in [1.807, 2.05) is 0 Å². The standard InChI is InChI=1S/C15H14BrN3O4S/c16-11-3-7-13(8-4-11)24(22,23)18-9-14(20)19-12-5-1-10(2-6-12)15(17)21/h1-8,18H,9H2,(H2,17,21)(H,19,20). The van der Waals surface area contributed by atoms with Crippen molar-refractivity contribution in [3.8, 4) is 0 Å². The first kappa shape index (κ1) is 18.1. The lowest BCUT2D eigenvalue weighted by Gasteiger charge is -2.08. The molecule has 0 aliphatic heterocycles. The highest BCUT2D eigenvalue weighted by Gasteiger charge is 2.15. The van der Waals surface area contributed by atoms with Gasteiger partial charge in [-0.25, -0.2) is 13.1 Å². The average Bonchev–Trinajstić information content (AvgIpc) is 2.54. The van der Waals surface area contributed by atoms with Crippen LogP contribution in [0.15, 0.2) is 57.9 Å². The number of halogens is 1.